The van der Waals surface area contributed by atoms with Crippen molar-refractivity contribution in [3.8, 4) is 17.2 Å². The Bertz CT molecular complexity index is 514. The van der Waals surface area contributed by atoms with Gasteiger partial charge in [0.2, 0.25) is 11.7 Å². The van der Waals surface area contributed by atoms with Crippen molar-refractivity contribution in [1.29, 1.82) is 0 Å². The molecule has 1 N–H and O–H groups in total. The first-order valence-electron chi connectivity index (χ1n) is 7.19. The maximum atomic E-state index is 12.0. The molecule has 1 aliphatic heterocycles. The second-order valence-corrected chi connectivity index (χ2v) is 5.59. The van der Waals surface area contributed by atoms with E-state index in [0.717, 1.165) is 5.56 Å². The summed E-state index contributed by atoms with van der Waals surface area (Å²) < 4.78 is 21.0. The number of carbonyl (C=O) groups is 1. The summed E-state index contributed by atoms with van der Waals surface area (Å²) in [5.74, 6) is 1.83. The number of rotatable bonds is 7. The Hall–Kier alpha value is -1.95. The minimum absolute atomic E-state index is 0.0335. The van der Waals surface area contributed by atoms with E-state index in [1.54, 1.807) is 21.3 Å². The van der Waals surface area contributed by atoms with Crippen LogP contribution >= 0.6 is 0 Å². The maximum absolute atomic E-state index is 12.0. The number of hydrogen-bond donors (Lipinski definition) is 1. The van der Waals surface area contributed by atoms with Crippen molar-refractivity contribution < 1.29 is 23.7 Å². The number of methoxy groups -OCH3 is 3. The molecule has 22 heavy (non-hydrogen) atoms. The van der Waals surface area contributed by atoms with Crippen LogP contribution in [-0.4, -0.2) is 47.0 Å². The summed E-state index contributed by atoms with van der Waals surface area (Å²) in [6.45, 7) is 3.43. The van der Waals surface area contributed by atoms with E-state index >= 15 is 0 Å². The molecule has 0 aliphatic carbocycles. The van der Waals surface area contributed by atoms with Crippen LogP contribution in [0.5, 0.6) is 17.2 Å². The molecule has 6 heteroatoms. The molecule has 1 fully saturated rings. The fraction of sp³-hybridized carbons (Fsp3) is 0.562. The Morgan fingerprint density at radius 1 is 1.18 bits per heavy atom. The van der Waals surface area contributed by atoms with Gasteiger partial charge in [-0.2, -0.15) is 0 Å². The van der Waals surface area contributed by atoms with Crippen molar-refractivity contribution in [3.05, 3.63) is 17.7 Å². The molecule has 0 bridgehead atoms. The number of carbonyl (C=O) groups excluding carboxylic acids is 1. The largest absolute Gasteiger partial charge is 0.493 e. The average Bonchev–Trinajstić information content (AvgIpc) is 2.51. The highest BCUT2D eigenvalue weighted by atomic mass is 16.5. The van der Waals surface area contributed by atoms with E-state index < -0.39 is 0 Å². The molecule has 1 aromatic rings. The van der Waals surface area contributed by atoms with Gasteiger partial charge in [0, 0.05) is 6.54 Å². The zero-order valence-electron chi connectivity index (χ0n) is 13.5. The Morgan fingerprint density at radius 2 is 1.77 bits per heavy atom. The van der Waals surface area contributed by atoms with Crippen LogP contribution in [0.25, 0.3) is 0 Å². The molecule has 1 aromatic carbocycles. The van der Waals surface area contributed by atoms with Gasteiger partial charge in [0.05, 0.1) is 40.0 Å². The van der Waals surface area contributed by atoms with E-state index in [1.807, 2.05) is 19.1 Å². The fourth-order valence-corrected chi connectivity index (χ4v) is 2.35. The fourth-order valence-electron chi connectivity index (χ4n) is 2.35. The molecular weight excluding hydrogens is 286 g/mol. The molecule has 6 nitrogen and oxygen atoms in total. The number of nitrogens with one attached hydrogen (secondary N) is 1. The number of amides is 1. The topological polar surface area (TPSA) is 66.0 Å². The third kappa shape index (κ3) is 3.27. The van der Waals surface area contributed by atoms with E-state index in [1.165, 1.54) is 0 Å². The summed E-state index contributed by atoms with van der Waals surface area (Å²) in [7, 11) is 4.74. The van der Waals surface area contributed by atoms with Crippen molar-refractivity contribution in [1.82, 2.24) is 5.32 Å². The highest BCUT2D eigenvalue weighted by Crippen LogP contribution is 2.38. The Kier molecular flexibility index (Phi) is 5.13. The Labute approximate surface area is 130 Å². The molecule has 1 amide bonds. The summed E-state index contributed by atoms with van der Waals surface area (Å²) in [4.78, 5) is 12.0. The Balaban J connectivity index is 1.99. The van der Waals surface area contributed by atoms with Crippen LogP contribution in [-0.2, 0) is 16.0 Å². The van der Waals surface area contributed by atoms with E-state index in [4.69, 9.17) is 18.9 Å². The minimum atomic E-state index is -0.380. The normalized spacial score (nSPS) is 15.6. The molecule has 1 saturated heterocycles. The first-order valence-corrected chi connectivity index (χ1v) is 7.19. The van der Waals surface area contributed by atoms with E-state index in [9.17, 15) is 4.79 Å². The summed E-state index contributed by atoms with van der Waals surface area (Å²) in [5, 5.41) is 2.95. The second-order valence-electron chi connectivity index (χ2n) is 5.59. The van der Waals surface area contributed by atoms with E-state index in [-0.39, 0.29) is 11.3 Å². The van der Waals surface area contributed by atoms with Gasteiger partial charge in [-0.3, -0.25) is 4.79 Å². The first kappa shape index (κ1) is 16.4. The molecule has 122 valence electrons. The molecule has 1 heterocycles. The predicted molar refractivity (Wildman–Crippen MR) is 81.7 cm³/mol. The molecule has 0 unspecified atom stereocenters. The van der Waals surface area contributed by atoms with Gasteiger partial charge in [-0.25, -0.2) is 0 Å². The van der Waals surface area contributed by atoms with Crippen LogP contribution in [0.2, 0.25) is 0 Å². The number of benzene rings is 1. The number of hydrogen-bond acceptors (Lipinski definition) is 5. The summed E-state index contributed by atoms with van der Waals surface area (Å²) >= 11 is 0. The van der Waals surface area contributed by atoms with Crippen molar-refractivity contribution >= 4 is 5.91 Å². The van der Waals surface area contributed by atoms with Crippen LogP contribution < -0.4 is 19.5 Å². The van der Waals surface area contributed by atoms with Crippen LogP contribution in [0.1, 0.15) is 12.5 Å². The lowest BCUT2D eigenvalue weighted by atomic mass is 9.87. The van der Waals surface area contributed by atoms with Crippen LogP contribution in [0.15, 0.2) is 12.1 Å². The Morgan fingerprint density at radius 3 is 2.18 bits per heavy atom. The van der Waals surface area contributed by atoms with Crippen LogP contribution in [0.3, 0.4) is 0 Å². The van der Waals surface area contributed by atoms with Crippen molar-refractivity contribution in [2.45, 2.75) is 13.3 Å². The molecular formula is C16H23NO5. The molecule has 0 radical (unpaired) electrons. The summed E-state index contributed by atoms with van der Waals surface area (Å²) in [5.41, 5.74) is 0.625. The number of ether oxygens (including phenoxy) is 4. The molecule has 1 aliphatic rings. The molecule has 0 spiro atoms. The third-order valence-corrected chi connectivity index (χ3v) is 3.81. The second kappa shape index (κ2) is 6.87. The minimum Gasteiger partial charge on any atom is -0.493 e. The third-order valence-electron chi connectivity index (χ3n) is 3.81. The van der Waals surface area contributed by atoms with Crippen molar-refractivity contribution in [3.63, 3.8) is 0 Å². The molecule has 0 atom stereocenters. The maximum Gasteiger partial charge on any atom is 0.230 e. The van der Waals surface area contributed by atoms with E-state index in [0.29, 0.717) is 43.4 Å². The average molecular weight is 309 g/mol. The van der Waals surface area contributed by atoms with Gasteiger partial charge in [-0.15, -0.1) is 0 Å². The highest BCUT2D eigenvalue weighted by molar-refractivity contribution is 5.83. The van der Waals surface area contributed by atoms with E-state index in [2.05, 4.69) is 5.32 Å². The molecule has 2 rings (SSSR count). The van der Waals surface area contributed by atoms with Crippen molar-refractivity contribution in [2.75, 3.05) is 41.1 Å². The zero-order chi connectivity index (χ0) is 16.2. The van der Waals surface area contributed by atoms with Crippen molar-refractivity contribution in [2.24, 2.45) is 5.41 Å². The van der Waals surface area contributed by atoms with Crippen LogP contribution in [0.4, 0.5) is 0 Å². The molecule has 0 saturated carbocycles. The van der Waals surface area contributed by atoms with Gasteiger partial charge < -0.3 is 24.3 Å². The monoisotopic (exact) mass is 309 g/mol. The SMILES string of the molecule is COc1cc(CCNC(=O)C2(C)COC2)cc(OC)c1OC. The lowest BCUT2D eigenvalue weighted by molar-refractivity contribution is -0.157. The van der Waals surface area contributed by atoms with Crippen LogP contribution in [0, 0.1) is 5.41 Å². The lowest BCUT2D eigenvalue weighted by Crippen LogP contribution is -2.52. The van der Waals surface area contributed by atoms with Gasteiger partial charge in [0.1, 0.15) is 0 Å². The van der Waals surface area contributed by atoms with Gasteiger partial charge >= 0.3 is 0 Å². The lowest BCUT2D eigenvalue weighted by Gasteiger charge is -2.36. The van der Waals surface area contributed by atoms with Gasteiger partial charge in [0.25, 0.3) is 0 Å². The highest BCUT2D eigenvalue weighted by Gasteiger charge is 2.40. The smallest absolute Gasteiger partial charge is 0.230 e. The van der Waals surface area contributed by atoms with Gasteiger partial charge in [-0.05, 0) is 31.0 Å². The van der Waals surface area contributed by atoms with Gasteiger partial charge in [-0.1, -0.05) is 0 Å². The first-order chi connectivity index (χ1) is 10.5. The summed E-state index contributed by atoms with van der Waals surface area (Å²) in [6.07, 6.45) is 0.680. The van der Waals surface area contributed by atoms with Gasteiger partial charge in [0.15, 0.2) is 11.5 Å². The standard InChI is InChI=1S/C16H23NO5/c1-16(9-22-10-16)15(18)17-6-5-11-7-12(19-2)14(21-4)13(8-11)20-3/h7-8H,5-6,9-10H2,1-4H3,(H,17,18). The quantitative estimate of drug-likeness (QED) is 0.825. The zero-order valence-corrected chi connectivity index (χ0v) is 13.5. The summed E-state index contributed by atoms with van der Waals surface area (Å²) in [6, 6.07) is 3.78. The molecule has 0 aromatic heterocycles. The predicted octanol–water partition coefficient (Wildman–Crippen LogP) is 1.41.